The van der Waals surface area contributed by atoms with Crippen LogP contribution in [0.25, 0.3) is 5.65 Å². The van der Waals surface area contributed by atoms with Gasteiger partial charge in [0.05, 0.1) is 11.9 Å². The molecule has 4 nitrogen and oxygen atoms in total. The minimum Gasteiger partial charge on any atom is -0.306 e. The predicted molar refractivity (Wildman–Crippen MR) is 62.9 cm³/mol. The van der Waals surface area contributed by atoms with Gasteiger partial charge in [-0.25, -0.2) is 9.50 Å². The van der Waals surface area contributed by atoms with Crippen molar-refractivity contribution in [2.24, 2.45) is 0 Å². The summed E-state index contributed by atoms with van der Waals surface area (Å²) in [6, 6.07) is 1.89. The lowest BCUT2D eigenvalue weighted by Crippen LogP contribution is -2.20. The van der Waals surface area contributed by atoms with E-state index in [9.17, 15) is 0 Å². The van der Waals surface area contributed by atoms with Gasteiger partial charge in [0.25, 0.3) is 0 Å². The molecule has 3 heterocycles. The zero-order valence-corrected chi connectivity index (χ0v) is 9.91. The molecule has 1 aliphatic rings. The van der Waals surface area contributed by atoms with Gasteiger partial charge < -0.3 is 4.90 Å². The molecule has 0 saturated carbocycles. The van der Waals surface area contributed by atoms with Crippen LogP contribution in [-0.2, 0) is 12.8 Å². The molecule has 84 valence electrons. The highest BCUT2D eigenvalue weighted by Crippen LogP contribution is 2.23. The zero-order chi connectivity index (χ0) is 11.1. The molecule has 0 fully saturated rings. The lowest BCUT2D eigenvalue weighted by atomic mass is 10.1. The molecule has 0 atom stereocenters. The normalized spacial score (nSPS) is 17.4. The first-order valence-electron chi connectivity index (χ1n) is 5.45. The van der Waals surface area contributed by atoms with Gasteiger partial charge >= 0.3 is 0 Å². The minimum atomic E-state index is 0.723. The van der Waals surface area contributed by atoms with Crippen molar-refractivity contribution in [2.75, 3.05) is 20.1 Å². The fourth-order valence-electron chi connectivity index (χ4n) is 2.15. The second-order valence-electron chi connectivity index (χ2n) is 4.23. The van der Waals surface area contributed by atoms with Crippen LogP contribution < -0.4 is 0 Å². The van der Waals surface area contributed by atoms with Gasteiger partial charge in [0.15, 0.2) is 5.65 Å². The molecule has 5 heteroatoms. The summed E-state index contributed by atoms with van der Waals surface area (Å²) in [7, 11) is 2.13. The van der Waals surface area contributed by atoms with Gasteiger partial charge in [-0.15, -0.1) is 0 Å². The monoisotopic (exact) mass is 236 g/mol. The Morgan fingerprint density at radius 1 is 1.31 bits per heavy atom. The summed E-state index contributed by atoms with van der Waals surface area (Å²) in [4.78, 5) is 6.93. The standard InChI is InChI=1S/C11H13ClN4/c1-15-6-3-8-9(4-7-15)14-10-2-5-13-16(10)11(8)12/h2,5H,3-4,6-7H2,1H3. The van der Waals surface area contributed by atoms with E-state index in [2.05, 4.69) is 22.0 Å². The highest BCUT2D eigenvalue weighted by atomic mass is 35.5. The van der Waals surface area contributed by atoms with Crippen LogP contribution in [-0.4, -0.2) is 39.6 Å². The summed E-state index contributed by atoms with van der Waals surface area (Å²) in [5.74, 6) is 0. The van der Waals surface area contributed by atoms with Gasteiger partial charge in [0, 0.05) is 31.1 Å². The highest BCUT2D eigenvalue weighted by Gasteiger charge is 2.18. The van der Waals surface area contributed by atoms with E-state index in [-0.39, 0.29) is 0 Å². The first-order chi connectivity index (χ1) is 7.75. The van der Waals surface area contributed by atoms with Gasteiger partial charge in [-0.1, -0.05) is 11.6 Å². The highest BCUT2D eigenvalue weighted by molar-refractivity contribution is 6.30. The molecule has 0 bridgehead atoms. The molecule has 0 spiro atoms. The second-order valence-corrected chi connectivity index (χ2v) is 4.59. The topological polar surface area (TPSA) is 33.4 Å². The third kappa shape index (κ3) is 1.49. The summed E-state index contributed by atoms with van der Waals surface area (Å²) < 4.78 is 1.71. The van der Waals surface area contributed by atoms with Crippen molar-refractivity contribution >= 4 is 17.2 Å². The van der Waals surface area contributed by atoms with E-state index >= 15 is 0 Å². The zero-order valence-electron chi connectivity index (χ0n) is 9.15. The molecule has 0 radical (unpaired) electrons. The van der Waals surface area contributed by atoms with Gasteiger partial charge in [0.1, 0.15) is 5.15 Å². The van der Waals surface area contributed by atoms with Crippen LogP contribution in [0.5, 0.6) is 0 Å². The first kappa shape index (κ1) is 10.1. The molecule has 2 aromatic heterocycles. The number of nitrogens with zero attached hydrogens (tertiary/aromatic N) is 4. The molecular formula is C11H13ClN4. The molecule has 0 N–H and O–H groups in total. The number of rotatable bonds is 0. The maximum absolute atomic E-state index is 6.36. The Balaban J connectivity index is 2.19. The lowest BCUT2D eigenvalue weighted by Gasteiger charge is -2.10. The minimum absolute atomic E-state index is 0.723. The van der Waals surface area contributed by atoms with Crippen LogP contribution in [0.2, 0.25) is 5.15 Å². The van der Waals surface area contributed by atoms with Crippen LogP contribution in [0.1, 0.15) is 11.3 Å². The number of halogens is 1. The van der Waals surface area contributed by atoms with Gasteiger partial charge in [-0.05, 0) is 13.5 Å². The Hall–Kier alpha value is -1.13. The molecule has 1 aliphatic heterocycles. The van der Waals surface area contributed by atoms with E-state index in [1.54, 1.807) is 10.7 Å². The second kappa shape index (κ2) is 3.71. The number of likely N-dealkylation sites (N-methyl/N-ethyl adjacent to an activating group) is 1. The van der Waals surface area contributed by atoms with Crippen LogP contribution in [0.4, 0.5) is 0 Å². The molecule has 0 amide bonds. The third-order valence-electron chi connectivity index (χ3n) is 3.13. The van der Waals surface area contributed by atoms with E-state index in [4.69, 9.17) is 11.6 Å². The largest absolute Gasteiger partial charge is 0.306 e. The van der Waals surface area contributed by atoms with Crippen LogP contribution in [0, 0.1) is 0 Å². The van der Waals surface area contributed by atoms with Gasteiger partial charge in [0.2, 0.25) is 0 Å². The molecule has 3 rings (SSSR count). The number of hydrogen-bond acceptors (Lipinski definition) is 3. The van der Waals surface area contributed by atoms with Crippen molar-refractivity contribution in [3.63, 3.8) is 0 Å². The quantitative estimate of drug-likeness (QED) is 0.649. The Morgan fingerprint density at radius 3 is 3.00 bits per heavy atom. The number of fused-ring (bicyclic) bond motifs is 2. The fraction of sp³-hybridized carbons (Fsp3) is 0.455. The molecular weight excluding hydrogens is 224 g/mol. The predicted octanol–water partition coefficient (Wildman–Crippen LogP) is 1.41. The summed E-state index contributed by atoms with van der Waals surface area (Å²) in [5.41, 5.74) is 3.12. The van der Waals surface area contributed by atoms with Crippen molar-refractivity contribution in [3.05, 3.63) is 28.7 Å². The number of aromatic nitrogens is 3. The summed E-state index contributed by atoms with van der Waals surface area (Å²) >= 11 is 6.36. The van der Waals surface area contributed by atoms with Crippen LogP contribution in [0.15, 0.2) is 12.3 Å². The van der Waals surface area contributed by atoms with E-state index < -0.39 is 0 Å². The molecule has 2 aromatic rings. The van der Waals surface area contributed by atoms with Crippen molar-refractivity contribution in [2.45, 2.75) is 12.8 Å². The smallest absolute Gasteiger partial charge is 0.156 e. The van der Waals surface area contributed by atoms with E-state index in [0.29, 0.717) is 0 Å². The van der Waals surface area contributed by atoms with Crippen LogP contribution >= 0.6 is 11.6 Å². The maximum Gasteiger partial charge on any atom is 0.156 e. The Kier molecular flexibility index (Phi) is 2.33. The summed E-state index contributed by atoms with van der Waals surface area (Å²) in [6.07, 6.45) is 3.65. The summed E-state index contributed by atoms with van der Waals surface area (Å²) in [5, 5.41) is 4.91. The molecule has 0 unspecified atom stereocenters. The average Bonchev–Trinajstić information content (AvgIpc) is 2.65. The Labute approximate surface area is 98.8 Å². The Bertz CT molecular complexity index is 534. The Morgan fingerprint density at radius 2 is 2.12 bits per heavy atom. The lowest BCUT2D eigenvalue weighted by molar-refractivity contribution is 0.352. The SMILES string of the molecule is CN1CCc2nc3ccnn3c(Cl)c2CC1. The van der Waals surface area contributed by atoms with Crippen molar-refractivity contribution in [1.29, 1.82) is 0 Å². The van der Waals surface area contributed by atoms with E-state index in [0.717, 1.165) is 48.0 Å². The van der Waals surface area contributed by atoms with Crippen LogP contribution in [0.3, 0.4) is 0 Å². The van der Waals surface area contributed by atoms with Crippen molar-refractivity contribution < 1.29 is 0 Å². The van der Waals surface area contributed by atoms with E-state index in [1.807, 2.05) is 6.07 Å². The van der Waals surface area contributed by atoms with E-state index in [1.165, 1.54) is 0 Å². The first-order valence-corrected chi connectivity index (χ1v) is 5.83. The average molecular weight is 237 g/mol. The van der Waals surface area contributed by atoms with Gasteiger partial charge in [-0.3, -0.25) is 0 Å². The number of hydrogen-bond donors (Lipinski definition) is 0. The molecule has 0 aromatic carbocycles. The maximum atomic E-state index is 6.36. The molecule has 0 aliphatic carbocycles. The fourth-order valence-corrected chi connectivity index (χ4v) is 2.48. The van der Waals surface area contributed by atoms with Gasteiger partial charge in [-0.2, -0.15) is 5.10 Å². The van der Waals surface area contributed by atoms with Crippen molar-refractivity contribution in [3.8, 4) is 0 Å². The molecule has 0 saturated heterocycles. The van der Waals surface area contributed by atoms with Crippen molar-refractivity contribution in [1.82, 2.24) is 19.5 Å². The summed E-state index contributed by atoms with van der Waals surface area (Å²) in [6.45, 7) is 2.07. The molecule has 16 heavy (non-hydrogen) atoms. The third-order valence-corrected chi connectivity index (χ3v) is 3.52.